The summed E-state index contributed by atoms with van der Waals surface area (Å²) in [7, 11) is 2.52. The van der Waals surface area contributed by atoms with E-state index in [2.05, 4.69) is 23.2 Å². The second kappa shape index (κ2) is 6.58. The molecule has 0 radical (unpaired) electrons. The highest BCUT2D eigenvalue weighted by molar-refractivity contribution is 7.16. The average molecular weight is 297 g/mol. The van der Waals surface area contributed by atoms with Crippen molar-refractivity contribution < 1.29 is 13.3 Å². The van der Waals surface area contributed by atoms with Gasteiger partial charge >= 0.3 is 8.80 Å². The third-order valence-electron chi connectivity index (χ3n) is 3.31. The van der Waals surface area contributed by atoms with Gasteiger partial charge in [0.15, 0.2) is 0 Å². The van der Waals surface area contributed by atoms with Crippen molar-refractivity contribution in [2.45, 2.75) is 18.9 Å². The standard InChI is InChI=1S/C13H19NO3SSi/c1-15-19(16-2,17-3)9-5-7-11-6-4-8-12-13(11)14-10-18-12/h4,6,8,10H,5,7,9H2,1-3H3. The fourth-order valence-electron chi connectivity index (χ4n) is 2.20. The highest BCUT2D eigenvalue weighted by atomic mass is 32.1. The number of fused-ring (bicyclic) bond motifs is 1. The van der Waals surface area contributed by atoms with Crippen molar-refractivity contribution in [3.05, 3.63) is 29.3 Å². The molecule has 0 N–H and O–H groups in total. The molecule has 0 atom stereocenters. The SMILES string of the molecule is CO[Si](CCCc1cccc2scnc12)(OC)OC. The van der Waals surface area contributed by atoms with Crippen molar-refractivity contribution in [2.75, 3.05) is 21.3 Å². The molecule has 104 valence electrons. The number of hydrogen-bond acceptors (Lipinski definition) is 5. The summed E-state index contributed by atoms with van der Waals surface area (Å²) >= 11 is 1.68. The summed E-state index contributed by atoms with van der Waals surface area (Å²) in [6.07, 6.45) is 1.93. The van der Waals surface area contributed by atoms with Crippen LogP contribution in [0.4, 0.5) is 0 Å². The van der Waals surface area contributed by atoms with Crippen LogP contribution in [0.5, 0.6) is 0 Å². The number of thiazole rings is 1. The van der Waals surface area contributed by atoms with Crippen LogP contribution >= 0.6 is 11.3 Å². The number of para-hydroxylation sites is 1. The van der Waals surface area contributed by atoms with Crippen molar-refractivity contribution in [2.24, 2.45) is 0 Å². The molecule has 2 rings (SSSR count). The van der Waals surface area contributed by atoms with Crippen LogP contribution in [-0.4, -0.2) is 35.1 Å². The number of benzene rings is 1. The maximum atomic E-state index is 5.43. The zero-order valence-electron chi connectivity index (χ0n) is 11.5. The summed E-state index contributed by atoms with van der Waals surface area (Å²) in [6, 6.07) is 7.15. The summed E-state index contributed by atoms with van der Waals surface area (Å²) in [5, 5.41) is 0. The first kappa shape index (κ1) is 14.6. The van der Waals surface area contributed by atoms with E-state index in [-0.39, 0.29) is 0 Å². The van der Waals surface area contributed by atoms with E-state index in [1.807, 2.05) is 5.51 Å². The summed E-state index contributed by atoms with van der Waals surface area (Å²) in [4.78, 5) is 4.43. The molecule has 0 unspecified atom stereocenters. The molecule has 2 aromatic rings. The number of aryl methyl sites for hydroxylation is 1. The van der Waals surface area contributed by atoms with Gasteiger partial charge < -0.3 is 13.3 Å². The lowest BCUT2D eigenvalue weighted by atomic mass is 10.1. The van der Waals surface area contributed by atoms with Crippen molar-refractivity contribution in [1.82, 2.24) is 4.98 Å². The Morgan fingerprint density at radius 1 is 1.16 bits per heavy atom. The average Bonchev–Trinajstić information content (AvgIpc) is 2.93. The molecule has 0 bridgehead atoms. The molecule has 0 aliphatic heterocycles. The zero-order chi connectivity index (χ0) is 13.7. The Morgan fingerprint density at radius 2 is 1.89 bits per heavy atom. The second-order valence-corrected chi connectivity index (χ2v) is 8.24. The van der Waals surface area contributed by atoms with Crippen LogP contribution in [0.2, 0.25) is 6.04 Å². The summed E-state index contributed by atoms with van der Waals surface area (Å²) < 4.78 is 17.5. The fraction of sp³-hybridized carbons (Fsp3) is 0.462. The van der Waals surface area contributed by atoms with Crippen molar-refractivity contribution in [3.63, 3.8) is 0 Å². The first-order chi connectivity index (χ1) is 9.24. The Bertz CT molecular complexity index is 519. The van der Waals surface area contributed by atoms with Gasteiger partial charge in [0.25, 0.3) is 0 Å². The molecule has 0 saturated carbocycles. The van der Waals surface area contributed by atoms with Gasteiger partial charge in [-0.25, -0.2) is 4.98 Å². The normalized spacial score (nSPS) is 12.2. The van der Waals surface area contributed by atoms with Crippen LogP contribution in [0.1, 0.15) is 12.0 Å². The van der Waals surface area contributed by atoms with Gasteiger partial charge in [-0.05, 0) is 24.5 Å². The predicted molar refractivity (Wildman–Crippen MR) is 79.5 cm³/mol. The topological polar surface area (TPSA) is 40.6 Å². The number of rotatable bonds is 7. The second-order valence-electron chi connectivity index (χ2n) is 4.27. The van der Waals surface area contributed by atoms with E-state index < -0.39 is 8.80 Å². The van der Waals surface area contributed by atoms with E-state index in [9.17, 15) is 0 Å². The fourth-order valence-corrected chi connectivity index (χ4v) is 4.64. The lowest BCUT2D eigenvalue weighted by Crippen LogP contribution is -2.42. The molecule has 0 saturated heterocycles. The highest BCUT2D eigenvalue weighted by Crippen LogP contribution is 2.24. The predicted octanol–water partition coefficient (Wildman–Crippen LogP) is 3.11. The molecule has 4 nitrogen and oxygen atoms in total. The third kappa shape index (κ3) is 3.21. The van der Waals surface area contributed by atoms with E-state index in [0.717, 1.165) is 24.4 Å². The Labute approximate surface area is 118 Å². The maximum Gasteiger partial charge on any atom is 0.500 e. The Balaban J connectivity index is 2.01. The minimum absolute atomic E-state index is 0.816. The minimum Gasteiger partial charge on any atom is -0.377 e. The van der Waals surface area contributed by atoms with Crippen molar-refractivity contribution in [1.29, 1.82) is 0 Å². The maximum absolute atomic E-state index is 5.43. The summed E-state index contributed by atoms with van der Waals surface area (Å²) in [5.41, 5.74) is 4.30. The third-order valence-corrected chi connectivity index (χ3v) is 6.93. The molecule has 6 heteroatoms. The van der Waals surface area contributed by atoms with Crippen LogP contribution in [0, 0.1) is 0 Å². The van der Waals surface area contributed by atoms with E-state index in [0.29, 0.717) is 0 Å². The lowest BCUT2D eigenvalue weighted by molar-refractivity contribution is 0.123. The Hall–Kier alpha value is -0.793. The molecular weight excluding hydrogens is 278 g/mol. The molecule has 0 fully saturated rings. The molecule has 0 aliphatic rings. The van der Waals surface area contributed by atoms with E-state index >= 15 is 0 Å². The number of nitrogens with zero attached hydrogens (tertiary/aromatic N) is 1. The molecule has 0 aliphatic carbocycles. The first-order valence-electron chi connectivity index (χ1n) is 6.21. The molecule has 1 aromatic heterocycles. The van der Waals surface area contributed by atoms with Crippen LogP contribution < -0.4 is 0 Å². The Morgan fingerprint density at radius 3 is 2.58 bits per heavy atom. The lowest BCUT2D eigenvalue weighted by Gasteiger charge is -2.24. The largest absolute Gasteiger partial charge is 0.500 e. The van der Waals surface area contributed by atoms with Gasteiger partial charge in [0.2, 0.25) is 0 Å². The minimum atomic E-state index is -2.44. The van der Waals surface area contributed by atoms with Crippen LogP contribution in [0.25, 0.3) is 10.2 Å². The molecular formula is C13H19NO3SSi. The zero-order valence-corrected chi connectivity index (χ0v) is 13.3. The number of hydrogen-bond donors (Lipinski definition) is 0. The van der Waals surface area contributed by atoms with Gasteiger partial charge in [-0.3, -0.25) is 0 Å². The quantitative estimate of drug-likeness (QED) is 0.736. The van der Waals surface area contributed by atoms with E-state index in [4.69, 9.17) is 13.3 Å². The van der Waals surface area contributed by atoms with Gasteiger partial charge in [-0.2, -0.15) is 0 Å². The van der Waals surface area contributed by atoms with Crippen LogP contribution in [-0.2, 0) is 19.7 Å². The summed E-state index contributed by atoms with van der Waals surface area (Å²) in [6.45, 7) is 0. The molecule has 0 spiro atoms. The number of aromatic nitrogens is 1. The smallest absolute Gasteiger partial charge is 0.377 e. The van der Waals surface area contributed by atoms with Gasteiger partial charge in [-0.1, -0.05) is 12.1 Å². The monoisotopic (exact) mass is 297 g/mol. The van der Waals surface area contributed by atoms with Crippen molar-refractivity contribution in [3.8, 4) is 0 Å². The molecule has 1 heterocycles. The van der Waals surface area contributed by atoms with Gasteiger partial charge in [0.1, 0.15) is 0 Å². The molecule has 1 aromatic carbocycles. The van der Waals surface area contributed by atoms with Crippen LogP contribution in [0.3, 0.4) is 0 Å². The van der Waals surface area contributed by atoms with Crippen molar-refractivity contribution >= 4 is 30.4 Å². The Kier molecular flexibility index (Phi) is 5.06. The summed E-state index contributed by atoms with van der Waals surface area (Å²) in [5.74, 6) is 0. The molecule has 0 amide bonds. The van der Waals surface area contributed by atoms with Gasteiger partial charge in [0.05, 0.1) is 15.7 Å². The van der Waals surface area contributed by atoms with E-state index in [1.54, 1.807) is 32.7 Å². The molecule has 19 heavy (non-hydrogen) atoms. The van der Waals surface area contributed by atoms with E-state index in [1.165, 1.54) is 10.3 Å². The first-order valence-corrected chi connectivity index (χ1v) is 9.02. The highest BCUT2D eigenvalue weighted by Gasteiger charge is 2.36. The van der Waals surface area contributed by atoms with Crippen LogP contribution in [0.15, 0.2) is 23.7 Å². The van der Waals surface area contributed by atoms with Gasteiger partial charge in [0, 0.05) is 27.4 Å². The van der Waals surface area contributed by atoms with Gasteiger partial charge in [-0.15, -0.1) is 11.3 Å².